The molecule has 0 aromatic rings. The average Bonchev–Trinajstić information content (AvgIpc) is 2.09. The minimum atomic E-state index is -1.04. The summed E-state index contributed by atoms with van der Waals surface area (Å²) < 4.78 is 0. The van der Waals surface area contributed by atoms with E-state index < -0.39 is 18.1 Å². The van der Waals surface area contributed by atoms with Crippen LogP contribution in [0.4, 0.5) is 0 Å². The molecule has 14 heavy (non-hydrogen) atoms. The molecule has 0 bridgehead atoms. The van der Waals surface area contributed by atoms with Crippen LogP contribution in [0.15, 0.2) is 12.3 Å². The first-order chi connectivity index (χ1) is 6.59. The molecule has 0 aliphatic carbocycles. The van der Waals surface area contributed by atoms with Gasteiger partial charge < -0.3 is 15.5 Å². The van der Waals surface area contributed by atoms with E-state index >= 15 is 0 Å². The summed E-state index contributed by atoms with van der Waals surface area (Å²) in [5, 5.41) is 20.4. The van der Waals surface area contributed by atoms with E-state index in [0.29, 0.717) is 0 Å². The van der Waals surface area contributed by atoms with Crippen molar-refractivity contribution in [3.05, 3.63) is 12.3 Å². The molecule has 0 aliphatic rings. The number of aliphatic carboxylic acids is 1. The van der Waals surface area contributed by atoms with Gasteiger partial charge in [0, 0.05) is 0 Å². The molecule has 0 aromatic heterocycles. The minimum Gasteiger partial charge on any atom is -0.480 e. The second-order valence-electron chi connectivity index (χ2n) is 3.27. The summed E-state index contributed by atoms with van der Waals surface area (Å²) in [6.07, 6.45) is 5.70. The third-order valence-corrected chi connectivity index (χ3v) is 1.87. The molecule has 4 heteroatoms. The Balaban J connectivity index is 3.82. The van der Waals surface area contributed by atoms with Crippen molar-refractivity contribution >= 4 is 5.97 Å². The Kier molecular flexibility index (Phi) is 6.84. The molecule has 0 rings (SSSR count). The molecule has 82 valence electrons. The molecule has 0 unspecified atom stereocenters. The average molecular weight is 201 g/mol. The molecule has 0 radical (unpaired) electrons. The third kappa shape index (κ3) is 5.59. The number of hydrogen-bond donors (Lipinski definition) is 3. The predicted molar refractivity (Wildman–Crippen MR) is 54.9 cm³/mol. The van der Waals surface area contributed by atoms with Gasteiger partial charge in [-0.3, -0.25) is 0 Å². The summed E-state index contributed by atoms with van der Waals surface area (Å²) in [4.78, 5) is 10.6. The largest absolute Gasteiger partial charge is 0.480 e. The van der Waals surface area contributed by atoms with Crippen LogP contribution < -0.4 is 5.32 Å². The number of rotatable bonds is 7. The van der Waals surface area contributed by atoms with E-state index in [1.165, 1.54) is 6.92 Å². The topological polar surface area (TPSA) is 69.6 Å². The van der Waals surface area contributed by atoms with Crippen molar-refractivity contribution in [2.45, 2.75) is 45.3 Å². The molecule has 0 saturated carbocycles. The van der Waals surface area contributed by atoms with Crippen LogP contribution in [0.1, 0.15) is 33.1 Å². The van der Waals surface area contributed by atoms with Gasteiger partial charge in [0.05, 0.1) is 6.10 Å². The molecule has 0 saturated heterocycles. The van der Waals surface area contributed by atoms with Gasteiger partial charge in [-0.05, 0) is 19.5 Å². The first kappa shape index (κ1) is 13.0. The Morgan fingerprint density at radius 3 is 2.64 bits per heavy atom. The van der Waals surface area contributed by atoms with Gasteiger partial charge in [0.1, 0.15) is 6.04 Å². The maximum atomic E-state index is 10.6. The zero-order valence-electron chi connectivity index (χ0n) is 8.73. The Bertz CT molecular complexity index is 190. The smallest absolute Gasteiger partial charge is 0.328 e. The molecule has 0 aromatic carbocycles. The van der Waals surface area contributed by atoms with Crippen LogP contribution in [0.5, 0.6) is 0 Å². The zero-order chi connectivity index (χ0) is 11.0. The van der Waals surface area contributed by atoms with Crippen molar-refractivity contribution in [3.8, 4) is 0 Å². The van der Waals surface area contributed by atoms with Crippen LogP contribution in [0.3, 0.4) is 0 Å². The number of aliphatic hydroxyl groups excluding tert-OH is 1. The summed E-state index contributed by atoms with van der Waals surface area (Å²) in [6, 6.07) is -0.923. The quantitative estimate of drug-likeness (QED) is 0.540. The molecular formula is C10H19NO3. The van der Waals surface area contributed by atoms with Crippen LogP contribution in [-0.4, -0.2) is 28.3 Å². The van der Waals surface area contributed by atoms with Crippen LogP contribution in [0.25, 0.3) is 0 Å². The molecule has 0 heterocycles. The van der Waals surface area contributed by atoms with Crippen molar-refractivity contribution in [3.63, 3.8) is 0 Å². The molecule has 4 nitrogen and oxygen atoms in total. The molecule has 0 spiro atoms. The normalized spacial score (nSPS) is 15.4. The van der Waals surface area contributed by atoms with Gasteiger partial charge >= 0.3 is 5.97 Å². The number of hydrogen-bond acceptors (Lipinski definition) is 3. The van der Waals surface area contributed by atoms with E-state index in [1.807, 2.05) is 6.08 Å². The van der Waals surface area contributed by atoms with E-state index in [2.05, 4.69) is 12.2 Å². The van der Waals surface area contributed by atoms with Crippen LogP contribution in [-0.2, 0) is 4.79 Å². The molecule has 0 fully saturated rings. The third-order valence-electron chi connectivity index (χ3n) is 1.87. The second-order valence-corrected chi connectivity index (χ2v) is 3.27. The Morgan fingerprint density at radius 1 is 1.57 bits per heavy atom. The van der Waals surface area contributed by atoms with Crippen LogP contribution in [0, 0.1) is 0 Å². The van der Waals surface area contributed by atoms with Crippen molar-refractivity contribution in [2.75, 3.05) is 0 Å². The van der Waals surface area contributed by atoms with Gasteiger partial charge in [0.25, 0.3) is 0 Å². The van der Waals surface area contributed by atoms with E-state index in [-0.39, 0.29) is 0 Å². The fraction of sp³-hybridized carbons (Fsp3) is 0.700. The van der Waals surface area contributed by atoms with E-state index in [4.69, 9.17) is 10.2 Å². The first-order valence-electron chi connectivity index (χ1n) is 4.91. The molecule has 3 N–H and O–H groups in total. The number of unbranched alkanes of at least 4 members (excludes halogenated alkanes) is 2. The zero-order valence-corrected chi connectivity index (χ0v) is 8.73. The highest BCUT2D eigenvalue weighted by Crippen LogP contribution is 1.96. The maximum Gasteiger partial charge on any atom is 0.328 e. The van der Waals surface area contributed by atoms with Gasteiger partial charge in [-0.25, -0.2) is 4.79 Å². The number of aliphatic hydroxyl groups is 1. The Labute approximate surface area is 84.6 Å². The fourth-order valence-corrected chi connectivity index (χ4v) is 0.994. The lowest BCUT2D eigenvalue weighted by Gasteiger charge is -2.14. The standard InChI is InChI=1S/C10H19NO3/c1-3-4-5-6-7-11-9(8(2)12)10(13)14/h6-9,11-12H,3-5H2,1-2H3,(H,13,14)/t8-,9+/m1/s1. The minimum absolute atomic E-state index is 0.900. The van der Waals surface area contributed by atoms with E-state index in [9.17, 15) is 4.79 Å². The van der Waals surface area contributed by atoms with Crippen molar-refractivity contribution in [1.82, 2.24) is 5.32 Å². The lowest BCUT2D eigenvalue weighted by molar-refractivity contribution is -0.141. The number of allylic oxidation sites excluding steroid dienone is 1. The van der Waals surface area contributed by atoms with Crippen LogP contribution >= 0.6 is 0 Å². The molecular weight excluding hydrogens is 182 g/mol. The SMILES string of the molecule is CCCCC=CN[C@H](C(=O)O)[C@@H](C)O. The lowest BCUT2D eigenvalue weighted by Crippen LogP contribution is -2.42. The van der Waals surface area contributed by atoms with Gasteiger partial charge in [0.15, 0.2) is 0 Å². The van der Waals surface area contributed by atoms with Crippen molar-refractivity contribution in [2.24, 2.45) is 0 Å². The Morgan fingerprint density at radius 2 is 2.21 bits per heavy atom. The van der Waals surface area contributed by atoms with Crippen molar-refractivity contribution in [1.29, 1.82) is 0 Å². The number of carboxylic acids is 1. The summed E-state index contributed by atoms with van der Waals surface area (Å²) in [7, 11) is 0. The maximum absolute atomic E-state index is 10.6. The van der Waals surface area contributed by atoms with Gasteiger partial charge in [-0.15, -0.1) is 0 Å². The monoisotopic (exact) mass is 201 g/mol. The van der Waals surface area contributed by atoms with Gasteiger partial charge in [-0.1, -0.05) is 25.8 Å². The summed E-state index contributed by atoms with van der Waals surface area (Å²) in [5.74, 6) is -1.04. The first-order valence-corrected chi connectivity index (χ1v) is 4.91. The highest BCUT2D eigenvalue weighted by molar-refractivity contribution is 5.74. The Hall–Kier alpha value is -1.03. The van der Waals surface area contributed by atoms with Gasteiger partial charge in [0.2, 0.25) is 0 Å². The second kappa shape index (κ2) is 7.38. The summed E-state index contributed by atoms with van der Waals surface area (Å²) in [6.45, 7) is 3.54. The number of nitrogens with one attached hydrogen (secondary N) is 1. The van der Waals surface area contributed by atoms with Crippen LogP contribution in [0.2, 0.25) is 0 Å². The summed E-state index contributed by atoms with van der Waals surface area (Å²) >= 11 is 0. The van der Waals surface area contributed by atoms with E-state index in [1.54, 1.807) is 6.20 Å². The summed E-state index contributed by atoms with van der Waals surface area (Å²) in [5.41, 5.74) is 0. The number of carbonyl (C=O) groups is 1. The highest BCUT2D eigenvalue weighted by Gasteiger charge is 2.20. The highest BCUT2D eigenvalue weighted by atomic mass is 16.4. The molecule has 0 aliphatic heterocycles. The van der Waals surface area contributed by atoms with E-state index in [0.717, 1.165) is 19.3 Å². The van der Waals surface area contributed by atoms with Gasteiger partial charge in [-0.2, -0.15) is 0 Å². The number of carboxylic acid groups (broad SMARTS) is 1. The van der Waals surface area contributed by atoms with Crippen molar-refractivity contribution < 1.29 is 15.0 Å². The molecule has 0 amide bonds. The lowest BCUT2D eigenvalue weighted by atomic mass is 10.2. The predicted octanol–water partition coefficient (Wildman–Crippen LogP) is 1.11. The molecule has 2 atom stereocenters. The fourth-order valence-electron chi connectivity index (χ4n) is 0.994.